The fourth-order valence-corrected chi connectivity index (χ4v) is 2.65. The van der Waals surface area contributed by atoms with Gasteiger partial charge in [-0.05, 0) is 12.0 Å². The van der Waals surface area contributed by atoms with E-state index in [9.17, 15) is 14.4 Å². The van der Waals surface area contributed by atoms with Gasteiger partial charge >= 0.3 is 0 Å². The molecule has 6 heteroatoms. The van der Waals surface area contributed by atoms with Crippen molar-refractivity contribution in [1.29, 1.82) is 0 Å². The molecule has 1 heterocycles. The molecule has 2 rings (SSSR count). The zero-order valence-electron chi connectivity index (χ0n) is 12.7. The van der Waals surface area contributed by atoms with E-state index in [2.05, 4.69) is 0 Å². The Hall–Kier alpha value is -2.37. The summed E-state index contributed by atoms with van der Waals surface area (Å²) in [5.74, 6) is -0.780. The summed E-state index contributed by atoms with van der Waals surface area (Å²) >= 11 is 0. The molecule has 1 saturated heterocycles. The van der Waals surface area contributed by atoms with E-state index in [-0.39, 0.29) is 18.4 Å². The second-order valence-electron chi connectivity index (χ2n) is 5.46. The molecule has 1 aromatic rings. The molecule has 1 aromatic carbocycles. The maximum Gasteiger partial charge on any atom is 0.242 e. The number of primary amides is 1. The van der Waals surface area contributed by atoms with E-state index in [1.807, 2.05) is 30.3 Å². The molecule has 2 N–H and O–H groups in total. The van der Waals surface area contributed by atoms with Crippen molar-refractivity contribution in [3.63, 3.8) is 0 Å². The third-order valence-corrected chi connectivity index (χ3v) is 3.94. The third kappa shape index (κ3) is 3.84. The van der Waals surface area contributed by atoms with E-state index in [1.165, 1.54) is 11.8 Å². The highest BCUT2D eigenvalue weighted by molar-refractivity contribution is 5.88. The van der Waals surface area contributed by atoms with Crippen LogP contribution in [0.5, 0.6) is 0 Å². The Morgan fingerprint density at radius 1 is 1.18 bits per heavy atom. The standard InChI is InChI=1S/C16H21N3O3/c1-12(20)18-9-10-19(14(11-18)16(17)22)15(21)8-7-13-5-3-2-4-6-13/h2-6,14H,7-11H2,1H3,(H2,17,22)/t14-/m0/s1. The number of piperazine rings is 1. The predicted octanol–water partition coefficient (Wildman–Crippen LogP) is 0.164. The first kappa shape index (κ1) is 16.0. The van der Waals surface area contributed by atoms with E-state index in [0.717, 1.165) is 5.56 Å². The fraction of sp³-hybridized carbons (Fsp3) is 0.438. The van der Waals surface area contributed by atoms with E-state index in [1.54, 1.807) is 4.90 Å². The minimum atomic E-state index is -0.735. The Morgan fingerprint density at radius 3 is 2.45 bits per heavy atom. The number of carbonyl (C=O) groups excluding carboxylic acids is 3. The summed E-state index contributed by atoms with van der Waals surface area (Å²) in [6.07, 6.45) is 0.950. The number of nitrogens with zero attached hydrogens (tertiary/aromatic N) is 2. The normalized spacial score (nSPS) is 18.1. The van der Waals surface area contributed by atoms with Gasteiger partial charge in [-0.2, -0.15) is 0 Å². The maximum absolute atomic E-state index is 12.4. The number of carbonyl (C=O) groups is 3. The fourth-order valence-electron chi connectivity index (χ4n) is 2.65. The van der Waals surface area contributed by atoms with Crippen molar-refractivity contribution in [3.8, 4) is 0 Å². The minimum absolute atomic E-state index is 0.101. The van der Waals surface area contributed by atoms with Crippen LogP contribution < -0.4 is 5.73 Å². The molecule has 0 unspecified atom stereocenters. The van der Waals surface area contributed by atoms with Gasteiger partial charge < -0.3 is 15.5 Å². The van der Waals surface area contributed by atoms with Gasteiger partial charge in [-0.3, -0.25) is 14.4 Å². The first-order chi connectivity index (χ1) is 10.5. The van der Waals surface area contributed by atoms with Gasteiger partial charge in [0.1, 0.15) is 6.04 Å². The van der Waals surface area contributed by atoms with Gasteiger partial charge in [0.05, 0.1) is 6.54 Å². The van der Waals surface area contributed by atoms with Crippen molar-refractivity contribution in [2.24, 2.45) is 5.73 Å². The van der Waals surface area contributed by atoms with Crippen LogP contribution in [0.4, 0.5) is 0 Å². The van der Waals surface area contributed by atoms with Crippen LogP contribution in [-0.4, -0.2) is 53.2 Å². The summed E-state index contributed by atoms with van der Waals surface area (Å²) in [5.41, 5.74) is 6.47. The van der Waals surface area contributed by atoms with Crippen molar-refractivity contribution in [2.75, 3.05) is 19.6 Å². The Balaban J connectivity index is 1.98. The lowest BCUT2D eigenvalue weighted by Crippen LogP contribution is -2.60. The van der Waals surface area contributed by atoms with E-state index >= 15 is 0 Å². The second-order valence-corrected chi connectivity index (χ2v) is 5.46. The van der Waals surface area contributed by atoms with Gasteiger partial charge in [0.25, 0.3) is 0 Å². The highest BCUT2D eigenvalue weighted by Gasteiger charge is 2.34. The number of hydrogen-bond acceptors (Lipinski definition) is 3. The van der Waals surface area contributed by atoms with Gasteiger partial charge in [0, 0.05) is 26.4 Å². The number of benzene rings is 1. The molecule has 0 radical (unpaired) electrons. The number of aryl methyl sites for hydroxylation is 1. The van der Waals surface area contributed by atoms with Crippen LogP contribution in [0.2, 0.25) is 0 Å². The van der Waals surface area contributed by atoms with Gasteiger partial charge in [-0.15, -0.1) is 0 Å². The Morgan fingerprint density at radius 2 is 1.86 bits per heavy atom. The first-order valence-electron chi connectivity index (χ1n) is 7.37. The zero-order valence-corrected chi connectivity index (χ0v) is 12.7. The van der Waals surface area contributed by atoms with Gasteiger partial charge in [-0.1, -0.05) is 30.3 Å². The van der Waals surface area contributed by atoms with Gasteiger partial charge in [0.2, 0.25) is 17.7 Å². The molecule has 1 aliphatic heterocycles. The largest absolute Gasteiger partial charge is 0.368 e. The summed E-state index contributed by atoms with van der Waals surface area (Å²) in [7, 11) is 0. The van der Waals surface area contributed by atoms with Crippen molar-refractivity contribution >= 4 is 17.7 Å². The first-order valence-corrected chi connectivity index (χ1v) is 7.37. The molecule has 1 fully saturated rings. The van der Waals surface area contributed by atoms with Crippen molar-refractivity contribution in [1.82, 2.24) is 9.80 Å². The number of hydrogen-bond donors (Lipinski definition) is 1. The summed E-state index contributed by atoms with van der Waals surface area (Å²) in [6, 6.07) is 8.98. The van der Waals surface area contributed by atoms with Crippen LogP contribution >= 0.6 is 0 Å². The van der Waals surface area contributed by atoms with Crippen LogP contribution in [0.25, 0.3) is 0 Å². The molecule has 118 valence electrons. The molecule has 0 aromatic heterocycles. The lowest BCUT2D eigenvalue weighted by Gasteiger charge is -2.39. The van der Waals surface area contributed by atoms with Crippen LogP contribution in [0.1, 0.15) is 18.9 Å². The molecule has 3 amide bonds. The monoisotopic (exact) mass is 303 g/mol. The maximum atomic E-state index is 12.4. The number of nitrogens with two attached hydrogens (primary N) is 1. The summed E-state index contributed by atoms with van der Waals surface area (Å²) < 4.78 is 0. The van der Waals surface area contributed by atoms with Crippen molar-refractivity contribution in [2.45, 2.75) is 25.8 Å². The van der Waals surface area contributed by atoms with E-state index in [4.69, 9.17) is 5.73 Å². The summed E-state index contributed by atoms with van der Waals surface area (Å²) in [6.45, 7) is 2.42. The molecule has 1 atom stereocenters. The average molecular weight is 303 g/mol. The summed E-state index contributed by atoms with van der Waals surface area (Å²) in [4.78, 5) is 38.5. The molecular formula is C16H21N3O3. The quantitative estimate of drug-likeness (QED) is 0.860. The van der Waals surface area contributed by atoms with Gasteiger partial charge in [0.15, 0.2) is 0 Å². The molecule has 0 saturated carbocycles. The SMILES string of the molecule is CC(=O)N1CCN(C(=O)CCc2ccccc2)[C@H](C(N)=O)C1. The number of amides is 3. The molecular weight excluding hydrogens is 282 g/mol. The Kier molecular flexibility index (Phi) is 5.14. The Bertz CT molecular complexity index is 559. The molecule has 0 aliphatic carbocycles. The lowest BCUT2D eigenvalue weighted by atomic mass is 10.1. The van der Waals surface area contributed by atoms with Crippen LogP contribution in [-0.2, 0) is 20.8 Å². The van der Waals surface area contributed by atoms with Crippen LogP contribution in [0.3, 0.4) is 0 Å². The molecule has 22 heavy (non-hydrogen) atoms. The topological polar surface area (TPSA) is 83.7 Å². The van der Waals surface area contributed by atoms with Crippen LogP contribution in [0.15, 0.2) is 30.3 Å². The lowest BCUT2D eigenvalue weighted by molar-refractivity contribution is -0.146. The highest BCUT2D eigenvalue weighted by Crippen LogP contribution is 2.13. The molecule has 6 nitrogen and oxygen atoms in total. The average Bonchev–Trinajstić information content (AvgIpc) is 2.52. The predicted molar refractivity (Wildman–Crippen MR) is 81.7 cm³/mol. The molecule has 0 bridgehead atoms. The third-order valence-electron chi connectivity index (χ3n) is 3.94. The van der Waals surface area contributed by atoms with Crippen molar-refractivity contribution < 1.29 is 14.4 Å². The number of rotatable bonds is 4. The zero-order chi connectivity index (χ0) is 16.1. The Labute approximate surface area is 129 Å². The van der Waals surface area contributed by atoms with Gasteiger partial charge in [-0.25, -0.2) is 0 Å². The van der Waals surface area contributed by atoms with E-state index < -0.39 is 11.9 Å². The highest BCUT2D eigenvalue weighted by atomic mass is 16.2. The van der Waals surface area contributed by atoms with Crippen LogP contribution in [0, 0.1) is 0 Å². The second kappa shape index (κ2) is 7.06. The summed E-state index contributed by atoms with van der Waals surface area (Å²) in [5, 5.41) is 0. The molecule has 1 aliphatic rings. The smallest absolute Gasteiger partial charge is 0.242 e. The van der Waals surface area contributed by atoms with E-state index in [0.29, 0.717) is 25.9 Å². The van der Waals surface area contributed by atoms with Crippen molar-refractivity contribution in [3.05, 3.63) is 35.9 Å². The minimum Gasteiger partial charge on any atom is -0.368 e. The molecule has 0 spiro atoms.